The molecular formula is C25H38N4O3. The highest BCUT2D eigenvalue weighted by Gasteiger charge is 2.61. The van der Waals surface area contributed by atoms with Crippen molar-refractivity contribution in [1.82, 2.24) is 15.0 Å². The average molecular weight is 443 g/mol. The van der Waals surface area contributed by atoms with E-state index in [1.807, 2.05) is 6.92 Å². The lowest BCUT2D eigenvalue weighted by atomic mass is 9.44. The maximum Gasteiger partial charge on any atom is 0.270 e. The maximum atomic E-state index is 13.3. The van der Waals surface area contributed by atoms with Crippen molar-refractivity contribution in [3.05, 3.63) is 11.9 Å². The van der Waals surface area contributed by atoms with E-state index in [0.717, 1.165) is 44.4 Å². The van der Waals surface area contributed by atoms with E-state index in [9.17, 15) is 14.7 Å². The van der Waals surface area contributed by atoms with E-state index >= 15 is 0 Å². The Morgan fingerprint density at radius 2 is 1.81 bits per heavy atom. The van der Waals surface area contributed by atoms with Crippen molar-refractivity contribution in [3.63, 3.8) is 0 Å². The molecule has 0 aliphatic heterocycles. The molecule has 1 unspecified atom stereocenters. The zero-order valence-corrected chi connectivity index (χ0v) is 19.7. The summed E-state index contributed by atoms with van der Waals surface area (Å²) in [5, 5.41) is 18.4. The van der Waals surface area contributed by atoms with Gasteiger partial charge in [0.05, 0.1) is 11.8 Å². The average Bonchev–Trinajstić information content (AvgIpc) is 3.32. The number of aliphatic hydroxyl groups is 1. The van der Waals surface area contributed by atoms with Gasteiger partial charge in [0.1, 0.15) is 6.54 Å². The fourth-order valence-electron chi connectivity index (χ4n) is 8.72. The topological polar surface area (TPSA) is 111 Å². The predicted molar refractivity (Wildman–Crippen MR) is 119 cm³/mol. The highest BCUT2D eigenvalue weighted by Crippen LogP contribution is 2.68. The van der Waals surface area contributed by atoms with Crippen LogP contribution in [0.4, 0.5) is 0 Å². The molecule has 1 aromatic rings. The Balaban J connectivity index is 1.32. The first-order valence-electron chi connectivity index (χ1n) is 12.5. The number of nitrogens with two attached hydrogens (primary N) is 1. The number of aromatic nitrogens is 3. The molecule has 0 spiro atoms. The Hall–Kier alpha value is -1.76. The highest BCUT2D eigenvalue weighted by molar-refractivity contribution is 5.90. The van der Waals surface area contributed by atoms with Crippen LogP contribution >= 0.6 is 0 Å². The molecule has 0 bridgehead atoms. The number of hydrogen-bond donors (Lipinski definition) is 2. The second-order valence-corrected chi connectivity index (χ2v) is 12.2. The van der Waals surface area contributed by atoms with Crippen LogP contribution in [0.5, 0.6) is 0 Å². The number of primary amides is 1. The summed E-state index contributed by atoms with van der Waals surface area (Å²) in [6.45, 7) is 7.05. The van der Waals surface area contributed by atoms with Gasteiger partial charge >= 0.3 is 0 Å². The zero-order chi connectivity index (χ0) is 22.9. The first-order chi connectivity index (χ1) is 15.0. The smallest absolute Gasteiger partial charge is 0.270 e. The number of carbonyl (C=O) groups excluding carboxylic acids is 2. The van der Waals surface area contributed by atoms with Crippen LogP contribution in [0.2, 0.25) is 0 Å². The SMILES string of the molecule is C[C@@]1(O)CC[C@@]2(C)[C@H](CC[C@@H]3[C@@H]2CC[C@]2(C)C(C(=O)Cn4cc(C(N)=O)nn4)CC[C@@H]32)C1. The molecule has 1 aromatic heterocycles. The van der Waals surface area contributed by atoms with E-state index in [4.69, 9.17) is 5.73 Å². The molecule has 4 aliphatic rings. The molecule has 176 valence electrons. The van der Waals surface area contributed by atoms with E-state index in [1.54, 1.807) is 0 Å². The number of nitrogens with zero attached hydrogens (tertiary/aromatic N) is 3. The van der Waals surface area contributed by atoms with E-state index in [-0.39, 0.29) is 29.4 Å². The van der Waals surface area contributed by atoms with E-state index in [2.05, 4.69) is 24.2 Å². The van der Waals surface area contributed by atoms with Gasteiger partial charge in [-0.15, -0.1) is 5.10 Å². The normalized spacial score (nSPS) is 45.6. The number of ketones is 1. The molecule has 7 heteroatoms. The van der Waals surface area contributed by atoms with Crippen molar-refractivity contribution >= 4 is 11.7 Å². The minimum atomic E-state index is -0.622. The van der Waals surface area contributed by atoms with Crippen molar-refractivity contribution in [2.24, 2.45) is 46.2 Å². The van der Waals surface area contributed by atoms with Crippen molar-refractivity contribution in [2.75, 3.05) is 0 Å². The fraction of sp³-hybridized carbons (Fsp3) is 0.840. The summed E-state index contributed by atoms with van der Waals surface area (Å²) in [6.07, 6.45) is 11.3. The third kappa shape index (κ3) is 3.34. The van der Waals surface area contributed by atoms with Crippen molar-refractivity contribution in [2.45, 2.75) is 90.7 Å². The summed E-state index contributed by atoms with van der Waals surface area (Å²) in [6, 6.07) is 0. The molecule has 32 heavy (non-hydrogen) atoms. The molecule has 4 fully saturated rings. The van der Waals surface area contributed by atoms with Crippen LogP contribution < -0.4 is 5.73 Å². The van der Waals surface area contributed by atoms with Gasteiger partial charge in [0.15, 0.2) is 11.5 Å². The molecular weight excluding hydrogens is 404 g/mol. The van der Waals surface area contributed by atoms with Crippen molar-refractivity contribution in [1.29, 1.82) is 0 Å². The second-order valence-electron chi connectivity index (χ2n) is 12.2. The number of hydrogen-bond acceptors (Lipinski definition) is 5. The molecule has 0 aromatic carbocycles. The van der Waals surface area contributed by atoms with Crippen LogP contribution in [0.25, 0.3) is 0 Å². The monoisotopic (exact) mass is 442 g/mol. The third-order valence-corrected chi connectivity index (χ3v) is 10.5. The number of amides is 1. The number of carbonyl (C=O) groups is 2. The maximum absolute atomic E-state index is 13.3. The van der Waals surface area contributed by atoms with Gasteiger partial charge < -0.3 is 10.8 Å². The van der Waals surface area contributed by atoms with Crippen LogP contribution in [0, 0.1) is 40.4 Å². The number of rotatable bonds is 4. The van der Waals surface area contributed by atoms with E-state index in [0.29, 0.717) is 23.2 Å². The highest BCUT2D eigenvalue weighted by atomic mass is 16.3. The second kappa shape index (κ2) is 7.37. The molecule has 1 amide bonds. The van der Waals surface area contributed by atoms with Gasteiger partial charge in [0, 0.05) is 5.92 Å². The summed E-state index contributed by atoms with van der Waals surface area (Å²) in [7, 11) is 0. The van der Waals surface area contributed by atoms with Crippen LogP contribution in [-0.2, 0) is 11.3 Å². The van der Waals surface area contributed by atoms with Gasteiger partial charge in [-0.3, -0.25) is 9.59 Å². The molecule has 0 radical (unpaired) electrons. The minimum absolute atomic E-state index is 0.0484. The first-order valence-corrected chi connectivity index (χ1v) is 12.5. The lowest BCUT2D eigenvalue weighted by Gasteiger charge is -2.61. The summed E-state index contributed by atoms with van der Waals surface area (Å²) >= 11 is 0. The summed E-state index contributed by atoms with van der Waals surface area (Å²) in [5.41, 5.74) is 5.26. The lowest BCUT2D eigenvalue weighted by molar-refractivity contribution is -0.151. The van der Waals surface area contributed by atoms with E-state index < -0.39 is 11.5 Å². The zero-order valence-electron chi connectivity index (χ0n) is 19.7. The Kier molecular flexibility index (Phi) is 5.08. The largest absolute Gasteiger partial charge is 0.390 e. The van der Waals surface area contributed by atoms with E-state index in [1.165, 1.54) is 30.1 Å². The molecule has 7 nitrogen and oxygen atoms in total. The summed E-state index contributed by atoms with van der Waals surface area (Å²) in [4.78, 5) is 24.6. The third-order valence-electron chi connectivity index (χ3n) is 10.5. The molecule has 8 atom stereocenters. The van der Waals surface area contributed by atoms with Gasteiger partial charge in [0.25, 0.3) is 5.91 Å². The first kappa shape index (κ1) is 22.1. The van der Waals surface area contributed by atoms with Gasteiger partial charge in [0.2, 0.25) is 0 Å². The summed E-state index contributed by atoms with van der Waals surface area (Å²) < 4.78 is 1.46. The quantitative estimate of drug-likeness (QED) is 0.743. The Morgan fingerprint density at radius 1 is 1.06 bits per heavy atom. The van der Waals surface area contributed by atoms with Gasteiger partial charge in [-0.1, -0.05) is 19.1 Å². The van der Waals surface area contributed by atoms with Crippen LogP contribution in [0.15, 0.2) is 6.20 Å². The standard InChI is InChI=1S/C25H38N4O3/c1-23(32)10-11-24(2)15(12-23)4-5-16-17-6-7-19(25(17,3)9-8-18(16)24)21(30)14-29-13-20(22(26)31)27-28-29/h13,15-19,32H,4-12,14H2,1-3H3,(H2,26,31)/t15-,16+,17+,18+,19?,23-,24+,25+/m1/s1. The van der Waals surface area contributed by atoms with Crippen LogP contribution in [-0.4, -0.2) is 37.4 Å². The predicted octanol–water partition coefficient (Wildman–Crippen LogP) is 3.36. The summed E-state index contributed by atoms with van der Waals surface area (Å²) in [5.74, 6) is 2.29. The number of Topliss-reactive ketones (excluding diaryl/α,β-unsaturated/α-hetero) is 1. The molecule has 4 saturated carbocycles. The molecule has 4 aliphatic carbocycles. The van der Waals surface area contributed by atoms with Crippen LogP contribution in [0.1, 0.15) is 89.0 Å². The number of fused-ring (bicyclic) bond motifs is 5. The molecule has 1 heterocycles. The molecule has 3 N–H and O–H groups in total. The van der Waals surface area contributed by atoms with Gasteiger partial charge in [-0.05, 0) is 99.2 Å². The Morgan fingerprint density at radius 3 is 2.53 bits per heavy atom. The molecule has 0 saturated heterocycles. The molecule has 5 rings (SSSR count). The van der Waals surface area contributed by atoms with Crippen molar-refractivity contribution < 1.29 is 14.7 Å². The fourth-order valence-corrected chi connectivity index (χ4v) is 8.72. The lowest BCUT2D eigenvalue weighted by Crippen LogP contribution is -2.55. The minimum Gasteiger partial charge on any atom is -0.390 e. The van der Waals surface area contributed by atoms with Crippen LogP contribution in [0.3, 0.4) is 0 Å². The Bertz CT molecular complexity index is 926. The van der Waals surface area contributed by atoms with Crippen molar-refractivity contribution in [3.8, 4) is 0 Å². The van der Waals surface area contributed by atoms with Gasteiger partial charge in [-0.2, -0.15) is 0 Å². The Labute approximate surface area is 190 Å². The van der Waals surface area contributed by atoms with Gasteiger partial charge in [-0.25, -0.2) is 4.68 Å².